The summed E-state index contributed by atoms with van der Waals surface area (Å²) in [6.07, 6.45) is 0. The Balaban J connectivity index is 0.878. The van der Waals surface area contributed by atoms with E-state index >= 15 is 0 Å². The van der Waals surface area contributed by atoms with Gasteiger partial charge < -0.3 is 9.47 Å². The molecule has 0 saturated carbocycles. The van der Waals surface area contributed by atoms with Crippen LogP contribution in [-0.4, -0.2) is 11.3 Å². The van der Waals surface area contributed by atoms with Gasteiger partial charge in [0.15, 0.2) is 0 Å². The molecule has 2 spiro atoms. The zero-order chi connectivity index (χ0) is 70.5. The first-order valence-corrected chi connectivity index (χ1v) is 39.2. The number of anilines is 3. The van der Waals surface area contributed by atoms with Gasteiger partial charge in [0, 0.05) is 33.4 Å². The summed E-state index contributed by atoms with van der Waals surface area (Å²) < 4.78 is 2.64. The molecule has 1 unspecified atom stereocenters. The van der Waals surface area contributed by atoms with Gasteiger partial charge in [-0.15, -0.1) is 0 Å². The van der Waals surface area contributed by atoms with E-state index in [1.807, 2.05) is 0 Å². The molecule has 18 aromatic rings. The summed E-state index contributed by atoms with van der Waals surface area (Å²) in [6, 6.07) is 150. The summed E-state index contributed by atoms with van der Waals surface area (Å²) in [5, 5.41) is 6.54. The first kappa shape index (κ1) is 60.1. The number of nitrogens with zero attached hydrogens (tertiary/aromatic N) is 2. The number of hydrogen-bond acceptors (Lipinski definition) is 1. The summed E-state index contributed by atoms with van der Waals surface area (Å²) in [7, 11) is -1.48. The molecule has 4 heteroatoms. The average Bonchev–Trinajstić information content (AvgIpc) is 1.44. The first-order valence-electron chi connectivity index (χ1n) is 37.8. The largest absolute Gasteiger partial charge is 0.311 e. The first-order chi connectivity index (χ1) is 53.6. The molecule has 0 radical (unpaired) electrons. The molecule has 2 nitrogen and oxygen atoms in total. The SMILES string of the molecule is c1ccc(-c2ccc3c(c2)N(c2cccc4c2C2(c5ccccc5-c5ccccc52)c2ccccc2-4)c2cc(-n4c5ccc(-c6ccccc6)cc5c5cc(-c6ccccc6)ccc54)cc4c2B3c2ccc(-c3ccccc3)cc2P4c2cccc3c2C2(c4ccccc4-c4ccccc42)c2ccccc2-3)cc1. The van der Waals surface area contributed by atoms with Crippen molar-refractivity contribution in [1.82, 2.24) is 4.57 Å². The highest BCUT2D eigenvalue weighted by Crippen LogP contribution is 2.67. The third-order valence-electron chi connectivity index (χ3n) is 25.0. The van der Waals surface area contributed by atoms with Crippen molar-refractivity contribution in [2.45, 2.75) is 10.8 Å². The van der Waals surface area contributed by atoms with E-state index in [2.05, 4.69) is 398 Å². The Morgan fingerprint density at radius 3 is 1.07 bits per heavy atom. The Morgan fingerprint density at radius 2 is 0.602 bits per heavy atom. The maximum absolute atomic E-state index is 2.79. The van der Waals surface area contributed by atoms with Crippen molar-refractivity contribution < 1.29 is 0 Å². The van der Waals surface area contributed by atoms with Gasteiger partial charge in [-0.3, -0.25) is 0 Å². The predicted molar refractivity (Wildman–Crippen MR) is 453 cm³/mol. The minimum atomic E-state index is -1.48. The number of aromatic nitrogens is 1. The Bertz CT molecular complexity index is 6360. The van der Waals surface area contributed by atoms with Crippen molar-refractivity contribution in [3.05, 3.63) is 433 Å². The van der Waals surface area contributed by atoms with Gasteiger partial charge in [-0.2, -0.15) is 0 Å². The molecule has 4 aliphatic carbocycles. The van der Waals surface area contributed by atoms with Crippen LogP contribution in [0.2, 0.25) is 0 Å². The molecular formula is C104H64BN2P. The third-order valence-corrected chi connectivity index (χ3v) is 27.5. The molecule has 6 aliphatic rings. The molecule has 0 bridgehead atoms. The van der Waals surface area contributed by atoms with E-state index in [0.717, 1.165) is 16.7 Å². The lowest BCUT2D eigenvalue weighted by Crippen LogP contribution is -2.67. The Labute approximate surface area is 629 Å². The van der Waals surface area contributed by atoms with Crippen molar-refractivity contribution in [3.63, 3.8) is 0 Å². The second kappa shape index (κ2) is 22.7. The van der Waals surface area contributed by atoms with Crippen molar-refractivity contribution in [2.75, 3.05) is 4.90 Å². The molecule has 108 heavy (non-hydrogen) atoms. The zero-order valence-electron chi connectivity index (χ0n) is 58.9. The minimum absolute atomic E-state index is 0.176. The number of hydrogen-bond donors (Lipinski definition) is 0. The quantitative estimate of drug-likeness (QED) is 0.114. The highest BCUT2D eigenvalue weighted by Gasteiger charge is 2.57. The van der Waals surface area contributed by atoms with Gasteiger partial charge in [-0.25, -0.2) is 0 Å². The Kier molecular flexibility index (Phi) is 12.6. The van der Waals surface area contributed by atoms with Crippen LogP contribution in [0.5, 0.6) is 0 Å². The predicted octanol–water partition coefficient (Wildman–Crippen LogP) is 22.5. The van der Waals surface area contributed by atoms with E-state index in [4.69, 9.17) is 0 Å². The van der Waals surface area contributed by atoms with Crippen LogP contribution in [0.15, 0.2) is 388 Å². The van der Waals surface area contributed by atoms with Crippen LogP contribution in [0.25, 0.3) is 117 Å². The molecule has 2 aliphatic heterocycles. The average molecular weight is 1380 g/mol. The van der Waals surface area contributed by atoms with Crippen LogP contribution in [0.3, 0.4) is 0 Å². The number of rotatable bonds is 7. The van der Waals surface area contributed by atoms with E-state index in [0.29, 0.717) is 0 Å². The molecule has 0 N–H and O–H groups in total. The van der Waals surface area contributed by atoms with E-state index in [1.165, 1.54) is 194 Å². The molecule has 0 fully saturated rings. The Hall–Kier alpha value is -13.2. The van der Waals surface area contributed by atoms with Crippen molar-refractivity contribution in [3.8, 4) is 94.7 Å². The molecular weight excluding hydrogens is 1320 g/mol. The topological polar surface area (TPSA) is 8.17 Å². The smallest absolute Gasteiger partial charge is 0.248 e. The fraction of sp³-hybridized carbons (Fsp3) is 0.0192. The molecule has 1 aromatic heterocycles. The maximum atomic E-state index is 2.79. The second-order valence-electron chi connectivity index (χ2n) is 30.0. The summed E-state index contributed by atoms with van der Waals surface area (Å²) in [6.45, 7) is -0.176. The summed E-state index contributed by atoms with van der Waals surface area (Å²) >= 11 is 0. The van der Waals surface area contributed by atoms with E-state index in [1.54, 1.807) is 0 Å². The van der Waals surface area contributed by atoms with Crippen LogP contribution in [0.4, 0.5) is 17.1 Å². The van der Waals surface area contributed by atoms with Crippen molar-refractivity contribution in [2.24, 2.45) is 0 Å². The lowest BCUT2D eigenvalue weighted by Gasteiger charge is -2.45. The van der Waals surface area contributed by atoms with E-state index in [-0.39, 0.29) is 6.71 Å². The summed E-state index contributed by atoms with van der Waals surface area (Å²) in [4.78, 5) is 2.79. The van der Waals surface area contributed by atoms with E-state index < -0.39 is 18.8 Å². The second-order valence-corrected chi connectivity index (χ2v) is 32.1. The fourth-order valence-electron chi connectivity index (χ4n) is 20.8. The molecule has 0 amide bonds. The van der Waals surface area contributed by atoms with Crippen LogP contribution in [0, 0.1) is 0 Å². The van der Waals surface area contributed by atoms with Crippen LogP contribution in [-0.2, 0) is 10.8 Å². The van der Waals surface area contributed by atoms with Gasteiger partial charge in [0.1, 0.15) is 0 Å². The summed E-state index contributed by atoms with van der Waals surface area (Å²) in [5.74, 6) is 0. The van der Waals surface area contributed by atoms with Crippen LogP contribution >= 0.6 is 7.92 Å². The standard InChI is InChI=1S/C104H64BN2P/c1-5-27-65(28-6-1)69-53-57-92-82(59-69)83-60-70(66-29-7-2-8-30-66)54-58-93(83)106(92)73-63-96-102-99(64-73)108(97-50-26-42-81-79-40-18-24-48-89(79)104(101(81)97)86-45-21-15-37-76(86)77-38-16-22-46-87(77)104)98-62-72(68-33-11-4-12-34-68)52-56-91(98)105(102)90-55-51-71(67-31-9-3-10-32-67)61-95(90)107(96)94-49-25-41-80-78-39-17-23-47-88(78)103(100(80)94)84-43-19-13-35-74(84)75-36-14-20-44-85(75)103/h1-64H. The lowest BCUT2D eigenvalue weighted by molar-refractivity contribution is 0.793. The highest BCUT2D eigenvalue weighted by atomic mass is 31.1. The summed E-state index contributed by atoms with van der Waals surface area (Å²) in [5.41, 5.74) is 40.2. The molecule has 24 rings (SSSR count). The molecule has 1 atom stereocenters. The van der Waals surface area contributed by atoms with Gasteiger partial charge in [-0.1, -0.05) is 339 Å². The monoisotopic (exact) mass is 1380 g/mol. The third kappa shape index (κ3) is 8.00. The van der Waals surface area contributed by atoms with Gasteiger partial charge in [0.2, 0.25) is 6.71 Å². The van der Waals surface area contributed by atoms with E-state index in [9.17, 15) is 0 Å². The molecule has 0 saturated heterocycles. The van der Waals surface area contributed by atoms with Gasteiger partial charge in [0.25, 0.3) is 0 Å². The fourth-order valence-corrected chi connectivity index (χ4v) is 23.8. The normalized spacial score (nSPS) is 14.7. The van der Waals surface area contributed by atoms with Crippen molar-refractivity contribution in [1.29, 1.82) is 0 Å². The number of fused-ring (bicyclic) bond motifs is 27. The number of benzene rings is 17. The zero-order valence-corrected chi connectivity index (χ0v) is 59.8. The molecule has 3 heterocycles. The van der Waals surface area contributed by atoms with Gasteiger partial charge in [0.05, 0.1) is 27.6 Å². The van der Waals surface area contributed by atoms with Gasteiger partial charge in [-0.05, 0) is 217 Å². The lowest BCUT2D eigenvalue weighted by atomic mass is 9.34. The Morgan fingerprint density at radius 1 is 0.231 bits per heavy atom. The maximum Gasteiger partial charge on any atom is 0.248 e. The molecule has 17 aromatic carbocycles. The minimum Gasteiger partial charge on any atom is -0.311 e. The van der Waals surface area contributed by atoms with Crippen molar-refractivity contribution >= 4 is 85.8 Å². The molecule has 498 valence electrons. The highest BCUT2D eigenvalue weighted by molar-refractivity contribution is 7.81. The van der Waals surface area contributed by atoms with Crippen LogP contribution < -0.4 is 37.2 Å². The van der Waals surface area contributed by atoms with Crippen LogP contribution in [0.1, 0.15) is 44.5 Å². The van der Waals surface area contributed by atoms with Gasteiger partial charge >= 0.3 is 0 Å².